The van der Waals surface area contributed by atoms with Crippen molar-refractivity contribution in [3.63, 3.8) is 0 Å². The number of nitrogens with zero attached hydrogens (tertiary/aromatic N) is 2. The van der Waals surface area contributed by atoms with Gasteiger partial charge in [0.1, 0.15) is 5.75 Å². The molecule has 1 heterocycles. The van der Waals surface area contributed by atoms with E-state index in [0.717, 1.165) is 43.9 Å². The quantitative estimate of drug-likeness (QED) is 0.759. The Morgan fingerprint density at radius 3 is 2.67 bits per heavy atom. The van der Waals surface area contributed by atoms with Crippen LogP contribution in [0.15, 0.2) is 18.2 Å². The molecule has 1 aromatic rings. The Labute approximate surface area is 145 Å². The van der Waals surface area contributed by atoms with Crippen molar-refractivity contribution >= 4 is 0 Å². The molecule has 1 saturated heterocycles. The van der Waals surface area contributed by atoms with Gasteiger partial charge in [-0.2, -0.15) is 0 Å². The van der Waals surface area contributed by atoms with E-state index < -0.39 is 0 Å². The fourth-order valence-corrected chi connectivity index (χ4v) is 3.57. The maximum atomic E-state index is 9.56. The molecule has 2 rings (SSSR count). The van der Waals surface area contributed by atoms with Crippen LogP contribution in [-0.2, 0) is 13.2 Å². The number of aliphatic hydroxyl groups excluding tert-OH is 2. The van der Waals surface area contributed by atoms with E-state index in [4.69, 9.17) is 4.74 Å². The predicted molar refractivity (Wildman–Crippen MR) is 96.1 cm³/mol. The molecule has 1 aliphatic rings. The highest BCUT2D eigenvalue weighted by atomic mass is 16.5. The third-order valence-corrected chi connectivity index (χ3v) is 4.74. The largest absolute Gasteiger partial charge is 0.494 e. The number of benzene rings is 1. The second-order valence-corrected chi connectivity index (χ2v) is 6.77. The lowest BCUT2D eigenvalue weighted by atomic mass is 10.0. The molecule has 0 amide bonds. The van der Waals surface area contributed by atoms with E-state index in [1.807, 2.05) is 19.1 Å². The highest BCUT2D eigenvalue weighted by Crippen LogP contribution is 2.23. The van der Waals surface area contributed by atoms with E-state index in [1.54, 1.807) is 0 Å². The van der Waals surface area contributed by atoms with Crippen molar-refractivity contribution in [2.24, 2.45) is 0 Å². The first-order valence-electron chi connectivity index (χ1n) is 9.03. The first-order chi connectivity index (χ1) is 11.6. The van der Waals surface area contributed by atoms with Crippen molar-refractivity contribution in [1.29, 1.82) is 0 Å². The molecule has 0 saturated carbocycles. The average Bonchev–Trinajstić information content (AvgIpc) is 2.56. The van der Waals surface area contributed by atoms with Gasteiger partial charge < -0.3 is 14.9 Å². The second kappa shape index (κ2) is 9.37. The lowest BCUT2D eigenvalue weighted by Crippen LogP contribution is -2.55. The van der Waals surface area contributed by atoms with Crippen LogP contribution in [0.5, 0.6) is 5.75 Å². The highest BCUT2D eigenvalue weighted by Gasteiger charge is 2.28. The summed E-state index contributed by atoms with van der Waals surface area (Å²) in [4.78, 5) is 4.93. The van der Waals surface area contributed by atoms with Crippen LogP contribution in [0, 0.1) is 0 Å². The zero-order chi connectivity index (χ0) is 17.5. The maximum absolute atomic E-state index is 9.56. The van der Waals surface area contributed by atoms with Crippen molar-refractivity contribution in [2.45, 2.75) is 52.4 Å². The number of piperazine rings is 1. The van der Waals surface area contributed by atoms with Gasteiger partial charge in [-0.25, -0.2) is 0 Å². The normalized spacial score (nSPS) is 19.8. The molecule has 5 heteroatoms. The topological polar surface area (TPSA) is 56.2 Å². The van der Waals surface area contributed by atoms with Gasteiger partial charge in [0.15, 0.2) is 0 Å². The van der Waals surface area contributed by atoms with Gasteiger partial charge in [-0.15, -0.1) is 0 Å². The second-order valence-electron chi connectivity index (χ2n) is 6.77. The van der Waals surface area contributed by atoms with Gasteiger partial charge in [-0.1, -0.05) is 6.07 Å². The summed E-state index contributed by atoms with van der Waals surface area (Å²) in [6, 6.07) is 7.00. The first-order valence-corrected chi connectivity index (χ1v) is 9.03. The monoisotopic (exact) mass is 336 g/mol. The number of rotatable bonds is 8. The van der Waals surface area contributed by atoms with Gasteiger partial charge in [-0.3, -0.25) is 9.80 Å². The summed E-state index contributed by atoms with van der Waals surface area (Å²) in [6.45, 7) is 11.1. The van der Waals surface area contributed by atoms with Crippen LogP contribution in [0.1, 0.15) is 38.3 Å². The SMILES string of the molecule is CCOc1ccc(CN2CCN(C(C)C)[C@@H](CCO)C2)cc1CO. The summed E-state index contributed by atoms with van der Waals surface area (Å²) < 4.78 is 5.55. The summed E-state index contributed by atoms with van der Waals surface area (Å²) in [7, 11) is 0. The maximum Gasteiger partial charge on any atom is 0.124 e. The summed E-state index contributed by atoms with van der Waals surface area (Å²) in [5, 5.41) is 18.9. The molecule has 0 aliphatic carbocycles. The van der Waals surface area contributed by atoms with Crippen molar-refractivity contribution in [2.75, 3.05) is 32.8 Å². The number of ether oxygens (including phenoxy) is 1. The fourth-order valence-electron chi connectivity index (χ4n) is 3.57. The minimum Gasteiger partial charge on any atom is -0.494 e. The average molecular weight is 336 g/mol. The lowest BCUT2D eigenvalue weighted by Gasteiger charge is -2.43. The molecule has 5 nitrogen and oxygen atoms in total. The van der Waals surface area contributed by atoms with Gasteiger partial charge in [-0.05, 0) is 44.9 Å². The van der Waals surface area contributed by atoms with E-state index in [2.05, 4.69) is 29.7 Å². The molecule has 0 radical (unpaired) electrons. The molecule has 2 N–H and O–H groups in total. The van der Waals surface area contributed by atoms with Crippen molar-refractivity contribution in [3.8, 4) is 5.75 Å². The van der Waals surface area contributed by atoms with Gasteiger partial charge >= 0.3 is 0 Å². The van der Waals surface area contributed by atoms with Crippen molar-refractivity contribution < 1.29 is 14.9 Å². The molecule has 0 unspecified atom stereocenters. The fraction of sp³-hybridized carbons (Fsp3) is 0.684. The Hall–Kier alpha value is -1.14. The molecule has 1 atom stereocenters. The van der Waals surface area contributed by atoms with Gasteiger partial charge in [0.05, 0.1) is 13.2 Å². The Morgan fingerprint density at radius 2 is 2.04 bits per heavy atom. The van der Waals surface area contributed by atoms with Gasteiger partial charge in [0.2, 0.25) is 0 Å². The molecule has 0 bridgehead atoms. The van der Waals surface area contributed by atoms with Crippen molar-refractivity contribution in [3.05, 3.63) is 29.3 Å². The standard InChI is InChI=1S/C19H32N2O3/c1-4-24-19-6-5-16(11-17(19)14-23)12-20-8-9-21(15(2)3)18(13-20)7-10-22/h5-6,11,15,18,22-23H,4,7-10,12-14H2,1-3H3/t18-/m0/s1. The molecule has 1 aliphatic heterocycles. The summed E-state index contributed by atoms with van der Waals surface area (Å²) in [5.41, 5.74) is 2.05. The summed E-state index contributed by atoms with van der Waals surface area (Å²) in [5.74, 6) is 0.770. The van der Waals surface area contributed by atoms with Crippen LogP contribution < -0.4 is 4.74 Å². The molecule has 1 fully saturated rings. The minimum absolute atomic E-state index is 0.00254. The van der Waals surface area contributed by atoms with E-state index >= 15 is 0 Å². The molecule has 24 heavy (non-hydrogen) atoms. The molecule has 0 aromatic heterocycles. The van der Waals surface area contributed by atoms with Crippen LogP contribution in [0.4, 0.5) is 0 Å². The lowest BCUT2D eigenvalue weighted by molar-refractivity contribution is 0.0349. The van der Waals surface area contributed by atoms with E-state index in [-0.39, 0.29) is 13.2 Å². The van der Waals surface area contributed by atoms with E-state index in [9.17, 15) is 10.2 Å². The first kappa shape index (κ1) is 19.2. The Kier molecular flexibility index (Phi) is 7.49. The third-order valence-electron chi connectivity index (χ3n) is 4.74. The zero-order valence-electron chi connectivity index (χ0n) is 15.2. The molecular formula is C19H32N2O3. The van der Waals surface area contributed by atoms with Gasteiger partial charge in [0.25, 0.3) is 0 Å². The molecular weight excluding hydrogens is 304 g/mol. The number of hydrogen-bond donors (Lipinski definition) is 2. The minimum atomic E-state index is -0.00254. The van der Waals surface area contributed by atoms with Crippen LogP contribution in [0.3, 0.4) is 0 Å². The molecule has 0 spiro atoms. The number of hydrogen-bond acceptors (Lipinski definition) is 5. The summed E-state index contributed by atoms with van der Waals surface area (Å²) in [6.07, 6.45) is 0.819. The van der Waals surface area contributed by atoms with Gasteiger partial charge in [0, 0.05) is 50.4 Å². The third kappa shape index (κ3) is 4.93. The predicted octanol–water partition coefficient (Wildman–Crippen LogP) is 1.85. The Morgan fingerprint density at radius 1 is 1.25 bits per heavy atom. The molecule has 1 aromatic carbocycles. The highest BCUT2D eigenvalue weighted by molar-refractivity contribution is 5.37. The van der Waals surface area contributed by atoms with Crippen LogP contribution >= 0.6 is 0 Å². The van der Waals surface area contributed by atoms with Crippen LogP contribution in [0.25, 0.3) is 0 Å². The Balaban J connectivity index is 2.03. The zero-order valence-corrected chi connectivity index (χ0v) is 15.2. The van der Waals surface area contributed by atoms with E-state index in [1.165, 1.54) is 5.56 Å². The van der Waals surface area contributed by atoms with Crippen LogP contribution in [-0.4, -0.2) is 64.9 Å². The van der Waals surface area contributed by atoms with E-state index in [0.29, 0.717) is 18.7 Å². The van der Waals surface area contributed by atoms with Crippen molar-refractivity contribution in [1.82, 2.24) is 9.80 Å². The number of aliphatic hydroxyl groups is 2. The molecule has 136 valence electrons. The Bertz CT molecular complexity index is 507. The van der Waals surface area contributed by atoms with Crippen LogP contribution in [0.2, 0.25) is 0 Å². The smallest absolute Gasteiger partial charge is 0.124 e. The summed E-state index contributed by atoms with van der Waals surface area (Å²) >= 11 is 0.